The van der Waals surface area contributed by atoms with Crippen molar-refractivity contribution in [3.05, 3.63) is 17.0 Å². The van der Waals surface area contributed by atoms with E-state index in [1.54, 1.807) is 10.4 Å². The molecule has 1 fully saturated rings. The lowest BCUT2D eigenvalue weighted by atomic mass is 10.1. The Labute approximate surface area is 125 Å². The van der Waals surface area contributed by atoms with Gasteiger partial charge in [-0.05, 0) is 38.6 Å². The summed E-state index contributed by atoms with van der Waals surface area (Å²) in [5.41, 5.74) is 5.51. The minimum atomic E-state index is -3.34. The monoisotopic (exact) mass is 317 g/mol. The molecule has 2 N–H and O–H groups in total. The van der Waals surface area contributed by atoms with E-state index in [2.05, 4.69) is 18.9 Å². The van der Waals surface area contributed by atoms with E-state index >= 15 is 0 Å². The number of thiophene rings is 1. The van der Waals surface area contributed by atoms with Gasteiger partial charge in [-0.15, -0.1) is 11.3 Å². The molecule has 0 spiro atoms. The van der Waals surface area contributed by atoms with Crippen molar-refractivity contribution in [3.63, 3.8) is 0 Å². The molecular formula is C13H23N3O2S2. The van der Waals surface area contributed by atoms with E-state index in [1.165, 1.54) is 11.3 Å². The van der Waals surface area contributed by atoms with Gasteiger partial charge in [0.25, 0.3) is 10.0 Å². The highest BCUT2D eigenvalue weighted by Crippen LogP contribution is 2.27. The lowest BCUT2D eigenvalue weighted by Gasteiger charge is -2.38. The summed E-state index contributed by atoms with van der Waals surface area (Å²) in [6.07, 6.45) is 1.70. The molecule has 114 valence electrons. The molecule has 7 heteroatoms. The number of piperazine rings is 1. The van der Waals surface area contributed by atoms with Gasteiger partial charge >= 0.3 is 0 Å². The summed E-state index contributed by atoms with van der Waals surface area (Å²) in [6, 6.07) is 3.89. The summed E-state index contributed by atoms with van der Waals surface area (Å²) in [5, 5.41) is 0. The van der Waals surface area contributed by atoms with Crippen LogP contribution in [0, 0.1) is 0 Å². The molecule has 0 aromatic carbocycles. The van der Waals surface area contributed by atoms with E-state index < -0.39 is 10.0 Å². The van der Waals surface area contributed by atoms with E-state index in [-0.39, 0.29) is 0 Å². The van der Waals surface area contributed by atoms with Gasteiger partial charge in [0.1, 0.15) is 4.21 Å². The highest BCUT2D eigenvalue weighted by Gasteiger charge is 2.32. The van der Waals surface area contributed by atoms with Gasteiger partial charge in [0.05, 0.1) is 0 Å². The number of rotatable bonds is 5. The van der Waals surface area contributed by atoms with Crippen molar-refractivity contribution >= 4 is 21.4 Å². The Bertz CT molecular complexity index is 542. The van der Waals surface area contributed by atoms with E-state index in [9.17, 15) is 8.42 Å². The fourth-order valence-corrected chi connectivity index (χ4v) is 5.47. The Hall–Kier alpha value is -0.470. The summed E-state index contributed by atoms with van der Waals surface area (Å²) in [7, 11) is -1.28. The molecule has 1 aliphatic heterocycles. The predicted molar refractivity (Wildman–Crippen MR) is 82.5 cm³/mol. The van der Waals surface area contributed by atoms with Crippen molar-refractivity contribution in [2.45, 2.75) is 30.0 Å². The first-order valence-corrected chi connectivity index (χ1v) is 9.24. The Morgan fingerprint density at radius 3 is 2.80 bits per heavy atom. The quantitative estimate of drug-likeness (QED) is 0.878. The first-order valence-electron chi connectivity index (χ1n) is 6.98. The van der Waals surface area contributed by atoms with Crippen LogP contribution < -0.4 is 5.73 Å². The topological polar surface area (TPSA) is 66.6 Å². The van der Waals surface area contributed by atoms with Crippen molar-refractivity contribution in [2.75, 3.05) is 33.2 Å². The Morgan fingerprint density at radius 2 is 2.15 bits per heavy atom. The Kier molecular flexibility index (Phi) is 5.19. The SMILES string of the molecule is CCC1CN(S(=O)(=O)c2ccc(CCN)s2)CCN1C. The molecule has 1 atom stereocenters. The maximum Gasteiger partial charge on any atom is 0.252 e. The molecule has 20 heavy (non-hydrogen) atoms. The van der Waals surface area contributed by atoms with Gasteiger partial charge in [0, 0.05) is 30.6 Å². The summed E-state index contributed by atoms with van der Waals surface area (Å²) in [4.78, 5) is 3.27. The predicted octanol–water partition coefficient (Wildman–Crippen LogP) is 0.964. The molecule has 1 aliphatic rings. The average molecular weight is 317 g/mol. The zero-order valence-corrected chi connectivity index (χ0v) is 13.7. The molecule has 1 aromatic rings. The normalized spacial score (nSPS) is 22.2. The number of hydrogen-bond acceptors (Lipinski definition) is 5. The number of likely N-dealkylation sites (N-methyl/N-ethyl adjacent to an activating group) is 1. The fraction of sp³-hybridized carbons (Fsp3) is 0.692. The van der Waals surface area contributed by atoms with Crippen LogP contribution in [-0.2, 0) is 16.4 Å². The van der Waals surface area contributed by atoms with E-state index in [1.807, 2.05) is 6.07 Å². The second kappa shape index (κ2) is 6.53. The fourth-order valence-electron chi connectivity index (χ4n) is 2.48. The van der Waals surface area contributed by atoms with Gasteiger partial charge in [-0.2, -0.15) is 4.31 Å². The van der Waals surface area contributed by atoms with E-state index in [0.29, 0.717) is 29.9 Å². The third kappa shape index (κ3) is 3.23. The number of sulfonamides is 1. The lowest BCUT2D eigenvalue weighted by Crippen LogP contribution is -2.52. The first-order chi connectivity index (χ1) is 9.48. The summed E-state index contributed by atoms with van der Waals surface area (Å²) >= 11 is 1.34. The summed E-state index contributed by atoms with van der Waals surface area (Å²) < 4.78 is 27.4. The van der Waals surface area contributed by atoms with E-state index in [0.717, 1.165) is 24.3 Å². The molecule has 0 aliphatic carbocycles. The third-order valence-electron chi connectivity index (χ3n) is 3.83. The second-order valence-electron chi connectivity index (χ2n) is 5.17. The molecule has 0 amide bonds. The molecule has 0 radical (unpaired) electrons. The van der Waals surface area contributed by atoms with Crippen molar-refractivity contribution in [3.8, 4) is 0 Å². The molecule has 1 saturated heterocycles. The van der Waals surface area contributed by atoms with Crippen LogP contribution in [0.15, 0.2) is 16.3 Å². The zero-order chi connectivity index (χ0) is 14.8. The van der Waals surface area contributed by atoms with Crippen LogP contribution in [0.1, 0.15) is 18.2 Å². The lowest BCUT2D eigenvalue weighted by molar-refractivity contribution is 0.144. The molecule has 2 rings (SSSR count). The van der Waals surface area contributed by atoms with Crippen LogP contribution in [0.25, 0.3) is 0 Å². The van der Waals surface area contributed by atoms with Crippen molar-refractivity contribution in [1.29, 1.82) is 0 Å². The molecule has 1 aromatic heterocycles. The highest BCUT2D eigenvalue weighted by molar-refractivity contribution is 7.91. The van der Waals surface area contributed by atoms with Crippen LogP contribution in [-0.4, -0.2) is 56.9 Å². The molecule has 1 unspecified atom stereocenters. The minimum Gasteiger partial charge on any atom is -0.330 e. The first kappa shape index (κ1) is 15.9. The van der Waals surface area contributed by atoms with Crippen LogP contribution in [0.2, 0.25) is 0 Å². The maximum absolute atomic E-state index is 12.7. The highest BCUT2D eigenvalue weighted by atomic mass is 32.2. The number of hydrogen-bond donors (Lipinski definition) is 1. The number of nitrogens with two attached hydrogens (primary N) is 1. The van der Waals surface area contributed by atoms with Crippen LogP contribution in [0.5, 0.6) is 0 Å². The molecule has 0 bridgehead atoms. The summed E-state index contributed by atoms with van der Waals surface area (Å²) in [5.74, 6) is 0. The van der Waals surface area contributed by atoms with Crippen molar-refractivity contribution in [1.82, 2.24) is 9.21 Å². The molecule has 2 heterocycles. The van der Waals surface area contributed by atoms with Gasteiger partial charge in [-0.25, -0.2) is 8.42 Å². The maximum atomic E-state index is 12.7. The van der Waals surface area contributed by atoms with Crippen LogP contribution >= 0.6 is 11.3 Å². The van der Waals surface area contributed by atoms with Crippen LogP contribution in [0.3, 0.4) is 0 Å². The van der Waals surface area contributed by atoms with Crippen molar-refractivity contribution in [2.24, 2.45) is 5.73 Å². The Morgan fingerprint density at radius 1 is 1.40 bits per heavy atom. The molecule has 0 saturated carbocycles. The average Bonchev–Trinajstić information content (AvgIpc) is 2.89. The second-order valence-corrected chi connectivity index (χ2v) is 8.50. The van der Waals surface area contributed by atoms with Gasteiger partial charge in [0.15, 0.2) is 0 Å². The standard InChI is InChI=1S/C13H23N3O2S2/c1-3-11-10-16(9-8-15(11)2)20(17,18)13-5-4-12(19-13)6-7-14/h4-5,11H,3,6-10,14H2,1-2H3. The largest absolute Gasteiger partial charge is 0.330 e. The van der Waals surface area contributed by atoms with Crippen molar-refractivity contribution < 1.29 is 8.42 Å². The van der Waals surface area contributed by atoms with Gasteiger partial charge in [-0.3, -0.25) is 0 Å². The number of nitrogens with zero attached hydrogens (tertiary/aromatic N) is 2. The summed E-state index contributed by atoms with van der Waals surface area (Å²) in [6.45, 7) is 4.59. The zero-order valence-electron chi connectivity index (χ0n) is 12.1. The van der Waals surface area contributed by atoms with Gasteiger partial charge in [0.2, 0.25) is 0 Å². The minimum absolute atomic E-state index is 0.307. The Balaban J connectivity index is 2.17. The van der Waals surface area contributed by atoms with E-state index in [4.69, 9.17) is 5.73 Å². The van der Waals surface area contributed by atoms with Crippen LogP contribution in [0.4, 0.5) is 0 Å². The molecule has 5 nitrogen and oxygen atoms in total. The molecular weight excluding hydrogens is 294 g/mol. The third-order valence-corrected chi connectivity index (χ3v) is 7.31. The van der Waals surface area contributed by atoms with Gasteiger partial charge in [-0.1, -0.05) is 6.92 Å². The smallest absolute Gasteiger partial charge is 0.252 e. The van der Waals surface area contributed by atoms with Gasteiger partial charge < -0.3 is 10.6 Å².